The Morgan fingerprint density at radius 3 is 2.89 bits per heavy atom. The Bertz CT molecular complexity index is 552. The number of methoxy groups -OCH3 is 1. The molecule has 0 aliphatic rings. The fourth-order valence-electron chi connectivity index (χ4n) is 1.66. The molecular weight excluding hydrogens is 262 g/mol. The monoisotopic (exact) mass is 277 g/mol. The highest BCUT2D eigenvalue weighted by atomic mass is 32.1. The SMILES string of the molecule is COc1ccc(N)cc1C(=O)OCCc1cccs1. The molecule has 0 spiro atoms. The highest BCUT2D eigenvalue weighted by Crippen LogP contribution is 2.22. The van der Waals surface area contributed by atoms with Crippen LogP contribution in [0.1, 0.15) is 15.2 Å². The van der Waals surface area contributed by atoms with Crippen LogP contribution in [-0.2, 0) is 11.2 Å². The van der Waals surface area contributed by atoms with Crippen molar-refractivity contribution in [2.75, 3.05) is 19.5 Å². The van der Waals surface area contributed by atoms with Gasteiger partial charge >= 0.3 is 5.97 Å². The summed E-state index contributed by atoms with van der Waals surface area (Å²) in [7, 11) is 1.51. The summed E-state index contributed by atoms with van der Waals surface area (Å²) in [4.78, 5) is 13.1. The minimum absolute atomic E-state index is 0.345. The molecular formula is C14H15NO3S. The molecule has 5 heteroatoms. The highest BCUT2D eigenvalue weighted by molar-refractivity contribution is 7.09. The number of hydrogen-bond donors (Lipinski definition) is 1. The molecule has 1 aromatic heterocycles. The van der Waals surface area contributed by atoms with E-state index in [9.17, 15) is 4.79 Å². The third-order valence-corrected chi connectivity index (χ3v) is 3.54. The van der Waals surface area contributed by atoms with E-state index < -0.39 is 5.97 Å². The minimum atomic E-state index is -0.416. The highest BCUT2D eigenvalue weighted by Gasteiger charge is 2.14. The first kappa shape index (κ1) is 13.4. The van der Waals surface area contributed by atoms with Crippen molar-refractivity contribution in [2.24, 2.45) is 0 Å². The molecule has 0 saturated heterocycles. The average Bonchev–Trinajstić information content (AvgIpc) is 2.91. The summed E-state index contributed by atoms with van der Waals surface area (Å²) < 4.78 is 10.4. The molecule has 0 saturated carbocycles. The van der Waals surface area contributed by atoms with Gasteiger partial charge in [-0.1, -0.05) is 6.07 Å². The molecule has 0 aliphatic carbocycles. The normalized spacial score (nSPS) is 10.2. The zero-order valence-corrected chi connectivity index (χ0v) is 11.4. The Morgan fingerprint density at radius 1 is 1.37 bits per heavy atom. The molecule has 2 aromatic rings. The van der Waals surface area contributed by atoms with E-state index in [-0.39, 0.29) is 0 Å². The summed E-state index contributed by atoms with van der Waals surface area (Å²) in [5.74, 6) is 0.0519. The lowest BCUT2D eigenvalue weighted by Crippen LogP contribution is -2.09. The third-order valence-electron chi connectivity index (χ3n) is 2.61. The Hall–Kier alpha value is -2.01. The number of carbonyl (C=O) groups is 1. The number of benzene rings is 1. The number of anilines is 1. The number of nitrogens with two attached hydrogens (primary N) is 1. The number of ether oxygens (including phenoxy) is 2. The van der Waals surface area contributed by atoms with E-state index >= 15 is 0 Å². The van der Waals surface area contributed by atoms with E-state index in [1.165, 1.54) is 12.0 Å². The first-order valence-corrected chi connectivity index (χ1v) is 6.71. The molecule has 0 amide bonds. The lowest BCUT2D eigenvalue weighted by atomic mass is 10.2. The molecule has 0 aliphatic heterocycles. The molecule has 0 atom stereocenters. The summed E-state index contributed by atoms with van der Waals surface area (Å²) in [5.41, 5.74) is 6.52. The molecule has 2 N–H and O–H groups in total. The molecule has 19 heavy (non-hydrogen) atoms. The van der Waals surface area contributed by atoms with Crippen LogP contribution in [0.4, 0.5) is 5.69 Å². The molecule has 1 heterocycles. The summed E-state index contributed by atoms with van der Waals surface area (Å²) in [5, 5.41) is 2.00. The molecule has 0 unspecified atom stereocenters. The van der Waals surface area contributed by atoms with E-state index in [0.717, 1.165) is 0 Å². The van der Waals surface area contributed by atoms with Crippen LogP contribution < -0.4 is 10.5 Å². The second kappa shape index (κ2) is 6.24. The van der Waals surface area contributed by atoms with E-state index in [1.807, 2.05) is 17.5 Å². The third kappa shape index (κ3) is 3.48. The maximum absolute atomic E-state index is 12.0. The van der Waals surface area contributed by atoms with Crippen LogP contribution in [0.2, 0.25) is 0 Å². The van der Waals surface area contributed by atoms with Crippen molar-refractivity contribution in [3.05, 3.63) is 46.2 Å². The van der Waals surface area contributed by atoms with Gasteiger partial charge in [-0.25, -0.2) is 4.79 Å². The topological polar surface area (TPSA) is 61.5 Å². The van der Waals surface area contributed by atoms with Crippen LogP contribution in [0.3, 0.4) is 0 Å². The minimum Gasteiger partial charge on any atom is -0.496 e. The van der Waals surface area contributed by atoms with Crippen molar-refractivity contribution in [3.63, 3.8) is 0 Å². The largest absolute Gasteiger partial charge is 0.496 e. The van der Waals surface area contributed by atoms with Crippen molar-refractivity contribution in [3.8, 4) is 5.75 Å². The quantitative estimate of drug-likeness (QED) is 0.674. The zero-order valence-electron chi connectivity index (χ0n) is 10.6. The van der Waals surface area contributed by atoms with Gasteiger partial charge in [0.2, 0.25) is 0 Å². The van der Waals surface area contributed by atoms with Gasteiger partial charge < -0.3 is 15.2 Å². The maximum atomic E-state index is 12.0. The van der Waals surface area contributed by atoms with Gasteiger partial charge in [0.1, 0.15) is 11.3 Å². The fraction of sp³-hybridized carbons (Fsp3) is 0.214. The van der Waals surface area contributed by atoms with Gasteiger partial charge in [0.15, 0.2) is 0 Å². The van der Waals surface area contributed by atoms with Crippen molar-refractivity contribution in [2.45, 2.75) is 6.42 Å². The van der Waals surface area contributed by atoms with Crippen molar-refractivity contribution in [1.82, 2.24) is 0 Å². The maximum Gasteiger partial charge on any atom is 0.342 e. The smallest absolute Gasteiger partial charge is 0.342 e. The lowest BCUT2D eigenvalue weighted by molar-refractivity contribution is 0.0506. The predicted octanol–water partition coefficient (Wildman–Crippen LogP) is 2.74. The van der Waals surface area contributed by atoms with Crippen LogP contribution >= 0.6 is 11.3 Å². The number of thiophene rings is 1. The number of carbonyl (C=O) groups excluding carboxylic acids is 1. The average molecular weight is 277 g/mol. The van der Waals surface area contributed by atoms with Crippen molar-refractivity contribution in [1.29, 1.82) is 0 Å². The van der Waals surface area contributed by atoms with Gasteiger partial charge in [0.05, 0.1) is 13.7 Å². The first-order chi connectivity index (χ1) is 9.20. The summed E-state index contributed by atoms with van der Waals surface area (Å²) in [6.45, 7) is 0.345. The molecule has 0 fully saturated rings. The van der Waals surface area contributed by atoms with Gasteiger partial charge in [-0.3, -0.25) is 0 Å². The van der Waals surface area contributed by atoms with Crippen LogP contribution in [-0.4, -0.2) is 19.7 Å². The van der Waals surface area contributed by atoms with E-state index in [4.69, 9.17) is 15.2 Å². The Balaban J connectivity index is 1.97. The summed E-state index contributed by atoms with van der Waals surface area (Å²) in [6.07, 6.45) is 0.716. The molecule has 0 bridgehead atoms. The number of nitrogen functional groups attached to an aromatic ring is 1. The Labute approximate surface area is 115 Å². The number of rotatable bonds is 5. The molecule has 0 radical (unpaired) electrons. The molecule has 4 nitrogen and oxygen atoms in total. The van der Waals surface area contributed by atoms with E-state index in [1.54, 1.807) is 29.5 Å². The second-order valence-corrected chi connectivity index (χ2v) is 4.96. The molecule has 100 valence electrons. The molecule has 2 rings (SSSR count). The Morgan fingerprint density at radius 2 is 2.21 bits per heavy atom. The Kier molecular flexibility index (Phi) is 4.41. The predicted molar refractivity (Wildman–Crippen MR) is 75.7 cm³/mol. The molecule has 1 aromatic carbocycles. The standard InChI is InChI=1S/C14H15NO3S/c1-17-13-5-4-10(15)9-12(13)14(16)18-7-6-11-3-2-8-19-11/h2-5,8-9H,6-7,15H2,1H3. The number of hydrogen-bond acceptors (Lipinski definition) is 5. The van der Waals surface area contributed by atoms with Crippen molar-refractivity contribution >= 4 is 23.0 Å². The van der Waals surface area contributed by atoms with Crippen LogP contribution in [0.5, 0.6) is 5.75 Å². The van der Waals surface area contributed by atoms with E-state index in [2.05, 4.69) is 0 Å². The first-order valence-electron chi connectivity index (χ1n) is 5.83. The zero-order chi connectivity index (χ0) is 13.7. The van der Waals surface area contributed by atoms with E-state index in [0.29, 0.717) is 30.0 Å². The van der Waals surface area contributed by atoms with Gasteiger partial charge in [-0.2, -0.15) is 0 Å². The van der Waals surface area contributed by atoms with Crippen LogP contribution in [0.25, 0.3) is 0 Å². The summed E-state index contributed by atoms with van der Waals surface area (Å²) >= 11 is 1.64. The lowest BCUT2D eigenvalue weighted by Gasteiger charge is -2.09. The van der Waals surface area contributed by atoms with Crippen LogP contribution in [0.15, 0.2) is 35.7 Å². The fourth-order valence-corrected chi connectivity index (χ4v) is 2.35. The van der Waals surface area contributed by atoms with Gasteiger partial charge in [-0.05, 0) is 29.6 Å². The summed E-state index contributed by atoms with van der Waals surface area (Å²) in [6, 6.07) is 8.89. The van der Waals surface area contributed by atoms with Crippen molar-refractivity contribution < 1.29 is 14.3 Å². The van der Waals surface area contributed by atoms with Gasteiger partial charge in [-0.15, -0.1) is 11.3 Å². The van der Waals surface area contributed by atoms with Gasteiger partial charge in [0.25, 0.3) is 0 Å². The number of esters is 1. The van der Waals surface area contributed by atoms with Crippen LogP contribution in [0, 0.1) is 0 Å². The van der Waals surface area contributed by atoms with Gasteiger partial charge in [0, 0.05) is 17.0 Å². The second-order valence-electron chi connectivity index (χ2n) is 3.93.